The summed E-state index contributed by atoms with van der Waals surface area (Å²) in [6.07, 6.45) is 0.786. The SMILES string of the molecule is NC(Cc1sccc1Br)c1cccc(Br)c1Cl. The Bertz CT molecular complexity index is 527. The summed E-state index contributed by atoms with van der Waals surface area (Å²) in [5.74, 6) is 0. The number of rotatable bonds is 3. The van der Waals surface area contributed by atoms with Gasteiger partial charge in [-0.05, 0) is 54.9 Å². The molecule has 17 heavy (non-hydrogen) atoms. The van der Waals surface area contributed by atoms with Crippen LogP contribution in [0.1, 0.15) is 16.5 Å². The fourth-order valence-corrected chi connectivity index (χ4v) is 3.81. The molecule has 0 radical (unpaired) electrons. The van der Waals surface area contributed by atoms with E-state index in [2.05, 4.69) is 37.2 Å². The molecule has 1 nitrogen and oxygen atoms in total. The third-order valence-electron chi connectivity index (χ3n) is 2.48. The van der Waals surface area contributed by atoms with E-state index in [0.29, 0.717) is 5.02 Å². The van der Waals surface area contributed by atoms with Gasteiger partial charge in [-0.15, -0.1) is 11.3 Å². The first kappa shape index (κ1) is 13.6. The first-order valence-corrected chi connectivity index (χ1v) is 7.85. The van der Waals surface area contributed by atoms with Crippen LogP contribution in [0.4, 0.5) is 0 Å². The van der Waals surface area contributed by atoms with Crippen LogP contribution in [0.25, 0.3) is 0 Å². The molecule has 0 saturated heterocycles. The average molecular weight is 396 g/mol. The van der Waals surface area contributed by atoms with Crippen molar-refractivity contribution >= 4 is 54.8 Å². The monoisotopic (exact) mass is 393 g/mol. The fraction of sp³-hybridized carbons (Fsp3) is 0.167. The number of thiophene rings is 1. The van der Waals surface area contributed by atoms with Gasteiger partial charge >= 0.3 is 0 Å². The molecule has 2 N–H and O–H groups in total. The van der Waals surface area contributed by atoms with Gasteiger partial charge < -0.3 is 5.73 Å². The van der Waals surface area contributed by atoms with E-state index in [1.54, 1.807) is 11.3 Å². The van der Waals surface area contributed by atoms with Gasteiger partial charge in [0.05, 0.1) is 5.02 Å². The van der Waals surface area contributed by atoms with Gasteiger partial charge in [0.25, 0.3) is 0 Å². The van der Waals surface area contributed by atoms with Crippen LogP contribution in [0.2, 0.25) is 5.02 Å². The lowest BCUT2D eigenvalue weighted by Crippen LogP contribution is -2.13. The van der Waals surface area contributed by atoms with Crippen molar-refractivity contribution in [1.82, 2.24) is 0 Å². The Hall–Kier alpha value is 0.130. The highest BCUT2D eigenvalue weighted by Gasteiger charge is 2.14. The maximum Gasteiger partial charge on any atom is 0.0595 e. The van der Waals surface area contributed by atoms with Crippen LogP contribution in [-0.2, 0) is 6.42 Å². The second-order valence-electron chi connectivity index (χ2n) is 3.65. The quantitative estimate of drug-likeness (QED) is 0.762. The van der Waals surface area contributed by atoms with Gasteiger partial charge in [0.1, 0.15) is 0 Å². The molecule has 0 saturated carbocycles. The minimum Gasteiger partial charge on any atom is -0.324 e. The topological polar surface area (TPSA) is 26.0 Å². The Morgan fingerprint density at radius 1 is 1.24 bits per heavy atom. The van der Waals surface area contributed by atoms with Gasteiger partial charge in [0, 0.05) is 26.3 Å². The average Bonchev–Trinajstić information content (AvgIpc) is 2.68. The van der Waals surface area contributed by atoms with Crippen LogP contribution in [0, 0.1) is 0 Å². The van der Waals surface area contributed by atoms with Crippen LogP contribution in [0.5, 0.6) is 0 Å². The number of hydrogen-bond acceptors (Lipinski definition) is 2. The van der Waals surface area contributed by atoms with E-state index in [1.807, 2.05) is 24.3 Å². The van der Waals surface area contributed by atoms with E-state index in [0.717, 1.165) is 20.9 Å². The summed E-state index contributed by atoms with van der Waals surface area (Å²) in [5.41, 5.74) is 7.18. The molecule has 1 unspecified atom stereocenters. The van der Waals surface area contributed by atoms with Crippen LogP contribution >= 0.6 is 54.8 Å². The second kappa shape index (κ2) is 5.85. The normalized spacial score (nSPS) is 12.7. The highest BCUT2D eigenvalue weighted by Crippen LogP contribution is 2.33. The van der Waals surface area contributed by atoms with Crippen LogP contribution in [0.3, 0.4) is 0 Å². The van der Waals surface area contributed by atoms with E-state index in [4.69, 9.17) is 17.3 Å². The molecule has 1 atom stereocenters. The molecule has 0 aliphatic heterocycles. The molecular weight excluding hydrogens is 385 g/mol. The lowest BCUT2D eigenvalue weighted by molar-refractivity contribution is 0.728. The Morgan fingerprint density at radius 3 is 2.65 bits per heavy atom. The molecule has 0 amide bonds. The van der Waals surface area contributed by atoms with Crippen molar-refractivity contribution in [1.29, 1.82) is 0 Å². The molecule has 1 aromatic heterocycles. The molecule has 90 valence electrons. The molecule has 0 bridgehead atoms. The molecular formula is C12H10Br2ClNS. The minimum absolute atomic E-state index is 0.0880. The van der Waals surface area contributed by atoms with E-state index in [9.17, 15) is 0 Å². The molecule has 0 fully saturated rings. The number of halogens is 3. The zero-order valence-electron chi connectivity index (χ0n) is 8.79. The van der Waals surface area contributed by atoms with Crippen molar-refractivity contribution in [2.75, 3.05) is 0 Å². The summed E-state index contributed by atoms with van der Waals surface area (Å²) in [6, 6.07) is 7.79. The first-order valence-electron chi connectivity index (χ1n) is 5.01. The smallest absolute Gasteiger partial charge is 0.0595 e. The predicted molar refractivity (Wildman–Crippen MR) is 81.8 cm³/mol. The highest BCUT2D eigenvalue weighted by atomic mass is 79.9. The molecule has 1 aromatic carbocycles. The molecule has 0 aliphatic carbocycles. The van der Waals surface area contributed by atoms with E-state index in [1.165, 1.54) is 4.88 Å². The Labute approximate surface area is 126 Å². The summed E-state index contributed by atoms with van der Waals surface area (Å²) in [7, 11) is 0. The highest BCUT2D eigenvalue weighted by molar-refractivity contribution is 9.10. The maximum absolute atomic E-state index is 6.23. The summed E-state index contributed by atoms with van der Waals surface area (Å²) in [6.45, 7) is 0. The van der Waals surface area contributed by atoms with Crippen molar-refractivity contribution in [3.8, 4) is 0 Å². The summed E-state index contributed by atoms with van der Waals surface area (Å²) in [4.78, 5) is 1.24. The number of benzene rings is 1. The summed E-state index contributed by atoms with van der Waals surface area (Å²) >= 11 is 14.9. The number of hydrogen-bond donors (Lipinski definition) is 1. The van der Waals surface area contributed by atoms with Crippen molar-refractivity contribution in [2.45, 2.75) is 12.5 Å². The van der Waals surface area contributed by atoms with Gasteiger partial charge in [-0.25, -0.2) is 0 Å². The summed E-state index contributed by atoms with van der Waals surface area (Å²) < 4.78 is 2.00. The lowest BCUT2D eigenvalue weighted by atomic mass is 10.0. The predicted octanol–water partition coefficient (Wildman–Crippen LogP) is 5.17. The molecule has 1 heterocycles. The minimum atomic E-state index is -0.0880. The van der Waals surface area contributed by atoms with Crippen LogP contribution < -0.4 is 5.73 Å². The van der Waals surface area contributed by atoms with Crippen molar-refractivity contribution < 1.29 is 0 Å². The summed E-state index contributed by atoms with van der Waals surface area (Å²) in [5, 5.41) is 2.75. The standard InChI is InChI=1S/C12H10Br2ClNS/c13-8-4-5-17-11(8)6-10(16)7-2-1-3-9(14)12(7)15/h1-5,10H,6,16H2. The van der Waals surface area contributed by atoms with Crippen molar-refractivity contribution in [3.63, 3.8) is 0 Å². The zero-order chi connectivity index (χ0) is 12.4. The van der Waals surface area contributed by atoms with Crippen LogP contribution in [-0.4, -0.2) is 0 Å². The van der Waals surface area contributed by atoms with E-state index >= 15 is 0 Å². The third-order valence-corrected chi connectivity index (χ3v) is 5.74. The Balaban J connectivity index is 2.23. The van der Waals surface area contributed by atoms with Crippen molar-refractivity contribution in [2.24, 2.45) is 5.73 Å². The van der Waals surface area contributed by atoms with Crippen molar-refractivity contribution in [3.05, 3.63) is 54.1 Å². The van der Waals surface area contributed by atoms with E-state index in [-0.39, 0.29) is 6.04 Å². The van der Waals surface area contributed by atoms with Gasteiger partial charge in [-0.1, -0.05) is 23.7 Å². The molecule has 2 rings (SSSR count). The van der Waals surface area contributed by atoms with Gasteiger partial charge in [-0.3, -0.25) is 0 Å². The first-order chi connectivity index (χ1) is 8.09. The largest absolute Gasteiger partial charge is 0.324 e. The maximum atomic E-state index is 6.23. The number of nitrogens with two attached hydrogens (primary N) is 1. The zero-order valence-corrected chi connectivity index (χ0v) is 13.5. The van der Waals surface area contributed by atoms with Gasteiger partial charge in [0.2, 0.25) is 0 Å². The third kappa shape index (κ3) is 3.12. The molecule has 5 heteroatoms. The molecule has 2 aromatic rings. The van der Waals surface area contributed by atoms with E-state index < -0.39 is 0 Å². The second-order valence-corrected chi connectivity index (χ2v) is 6.73. The molecule has 0 spiro atoms. The van der Waals surface area contributed by atoms with Crippen LogP contribution in [0.15, 0.2) is 38.6 Å². The van der Waals surface area contributed by atoms with Gasteiger partial charge in [0.15, 0.2) is 0 Å². The van der Waals surface area contributed by atoms with Gasteiger partial charge in [-0.2, -0.15) is 0 Å². The Kier molecular flexibility index (Phi) is 4.66. The lowest BCUT2D eigenvalue weighted by Gasteiger charge is -2.14. The Morgan fingerprint density at radius 2 is 2.00 bits per heavy atom. The molecule has 0 aliphatic rings. The fourth-order valence-electron chi connectivity index (χ4n) is 1.59.